The molecular weight excluding hydrogens is 343 g/mol. The van der Waals surface area contributed by atoms with Crippen molar-refractivity contribution in [2.24, 2.45) is 0 Å². The fraction of sp³-hybridized carbons (Fsp3) is 0.0556. The Morgan fingerprint density at radius 1 is 1.12 bits per heavy atom. The molecule has 0 saturated carbocycles. The molecule has 0 N–H and O–H groups in total. The maximum Gasteiger partial charge on any atom is 0.213 e. The van der Waals surface area contributed by atoms with Gasteiger partial charge in [-0.3, -0.25) is 4.57 Å². The van der Waals surface area contributed by atoms with Crippen LogP contribution in [-0.4, -0.2) is 26.6 Å². The van der Waals surface area contributed by atoms with E-state index in [0.29, 0.717) is 22.8 Å². The lowest BCUT2D eigenvalue weighted by Crippen LogP contribution is -1.99. The van der Waals surface area contributed by atoms with Crippen molar-refractivity contribution in [3.05, 3.63) is 65.8 Å². The number of rotatable bonds is 3. The van der Waals surface area contributed by atoms with Crippen LogP contribution in [0.2, 0.25) is 5.15 Å². The van der Waals surface area contributed by atoms with Gasteiger partial charge in [0, 0.05) is 17.8 Å². The number of fused-ring (bicyclic) bond motifs is 1. The molecule has 0 aliphatic carbocycles. The average Bonchev–Trinajstić information content (AvgIpc) is 3.03. The van der Waals surface area contributed by atoms with Crippen molar-refractivity contribution in [1.82, 2.24) is 19.5 Å². The zero-order valence-corrected chi connectivity index (χ0v) is 13.9. The molecule has 4 aromatic rings. The van der Waals surface area contributed by atoms with Crippen molar-refractivity contribution in [3.63, 3.8) is 0 Å². The van der Waals surface area contributed by atoms with Crippen molar-refractivity contribution in [2.45, 2.75) is 0 Å². The Kier molecular flexibility index (Phi) is 3.82. The quantitative estimate of drug-likeness (QED) is 0.515. The van der Waals surface area contributed by atoms with Crippen LogP contribution in [0.5, 0.6) is 5.88 Å². The van der Waals surface area contributed by atoms with Gasteiger partial charge in [-0.1, -0.05) is 23.7 Å². The van der Waals surface area contributed by atoms with Crippen LogP contribution >= 0.6 is 11.6 Å². The van der Waals surface area contributed by atoms with Crippen LogP contribution in [0.3, 0.4) is 0 Å². The molecule has 0 aliphatic heterocycles. The molecule has 4 rings (SSSR count). The van der Waals surface area contributed by atoms with Crippen LogP contribution in [0.1, 0.15) is 0 Å². The first-order valence-electron chi connectivity index (χ1n) is 7.46. The number of methoxy groups -OCH3 is 1. The molecule has 25 heavy (non-hydrogen) atoms. The van der Waals surface area contributed by atoms with Gasteiger partial charge >= 0.3 is 0 Å². The molecule has 0 bridgehead atoms. The van der Waals surface area contributed by atoms with E-state index in [1.165, 1.54) is 12.1 Å². The summed E-state index contributed by atoms with van der Waals surface area (Å²) < 4.78 is 20.7. The smallest absolute Gasteiger partial charge is 0.213 e. The second-order valence-corrected chi connectivity index (χ2v) is 5.67. The summed E-state index contributed by atoms with van der Waals surface area (Å²) >= 11 is 6.20. The Hall–Kier alpha value is -2.99. The van der Waals surface area contributed by atoms with E-state index < -0.39 is 0 Å². The summed E-state index contributed by atoms with van der Waals surface area (Å²) in [5, 5.41) is 0.287. The molecular formula is C18H12ClFN4O. The van der Waals surface area contributed by atoms with E-state index in [4.69, 9.17) is 16.3 Å². The van der Waals surface area contributed by atoms with Crippen LogP contribution in [0.25, 0.3) is 28.1 Å². The first-order valence-corrected chi connectivity index (χ1v) is 7.84. The molecule has 1 aromatic carbocycles. The largest absolute Gasteiger partial charge is 0.481 e. The maximum absolute atomic E-state index is 13.7. The fourth-order valence-corrected chi connectivity index (χ4v) is 2.88. The van der Waals surface area contributed by atoms with E-state index in [9.17, 15) is 4.39 Å². The number of halogens is 2. The Labute approximate surface area is 147 Å². The number of aromatic nitrogens is 4. The van der Waals surface area contributed by atoms with E-state index >= 15 is 0 Å². The van der Waals surface area contributed by atoms with Crippen LogP contribution in [0.15, 0.2) is 54.9 Å². The van der Waals surface area contributed by atoms with Gasteiger partial charge in [0.15, 0.2) is 5.15 Å². The summed E-state index contributed by atoms with van der Waals surface area (Å²) in [6.45, 7) is 0. The SMILES string of the molecule is COc1ccc(-n2c(-c3cccc(F)c3)nc3c(Cl)nccc32)cn1. The highest BCUT2D eigenvalue weighted by molar-refractivity contribution is 6.33. The number of benzene rings is 1. The third-order valence-corrected chi connectivity index (χ3v) is 4.08. The van der Waals surface area contributed by atoms with Gasteiger partial charge in [0.1, 0.15) is 17.2 Å². The summed E-state index contributed by atoms with van der Waals surface area (Å²) in [6.07, 6.45) is 3.27. The van der Waals surface area contributed by atoms with Gasteiger partial charge in [-0.15, -0.1) is 0 Å². The number of hydrogen-bond donors (Lipinski definition) is 0. The summed E-state index contributed by atoms with van der Waals surface area (Å²) in [5.41, 5.74) is 2.68. The summed E-state index contributed by atoms with van der Waals surface area (Å²) in [4.78, 5) is 12.9. The predicted octanol–water partition coefficient (Wildman–Crippen LogP) is 4.28. The summed E-state index contributed by atoms with van der Waals surface area (Å²) in [5.74, 6) is 0.713. The van der Waals surface area contributed by atoms with E-state index in [0.717, 1.165) is 11.2 Å². The van der Waals surface area contributed by atoms with Gasteiger partial charge in [0.05, 0.1) is 24.5 Å². The Morgan fingerprint density at radius 2 is 2.00 bits per heavy atom. The van der Waals surface area contributed by atoms with Gasteiger partial charge in [-0.2, -0.15) is 0 Å². The number of imidazole rings is 1. The number of hydrogen-bond acceptors (Lipinski definition) is 4. The van der Waals surface area contributed by atoms with Crippen LogP contribution in [0, 0.1) is 5.82 Å². The Balaban J connectivity index is 2.03. The molecule has 0 unspecified atom stereocenters. The van der Waals surface area contributed by atoms with E-state index in [1.54, 1.807) is 43.8 Å². The molecule has 0 atom stereocenters. The predicted molar refractivity (Wildman–Crippen MR) is 93.6 cm³/mol. The molecule has 3 heterocycles. The van der Waals surface area contributed by atoms with Crippen LogP contribution < -0.4 is 4.74 Å². The number of pyridine rings is 2. The first kappa shape index (κ1) is 15.5. The van der Waals surface area contributed by atoms with Gasteiger partial charge in [-0.25, -0.2) is 19.3 Å². The van der Waals surface area contributed by atoms with E-state index in [2.05, 4.69) is 15.0 Å². The molecule has 7 heteroatoms. The molecule has 0 spiro atoms. The first-order chi connectivity index (χ1) is 12.2. The second-order valence-electron chi connectivity index (χ2n) is 5.31. The van der Waals surface area contributed by atoms with Gasteiger partial charge in [0.2, 0.25) is 5.88 Å². The highest BCUT2D eigenvalue weighted by atomic mass is 35.5. The lowest BCUT2D eigenvalue weighted by atomic mass is 10.2. The average molecular weight is 355 g/mol. The van der Waals surface area contributed by atoms with Crippen molar-refractivity contribution in [1.29, 1.82) is 0 Å². The maximum atomic E-state index is 13.7. The highest BCUT2D eigenvalue weighted by Gasteiger charge is 2.17. The topological polar surface area (TPSA) is 52.8 Å². The third kappa shape index (κ3) is 2.70. The summed E-state index contributed by atoms with van der Waals surface area (Å²) in [6, 6.07) is 11.7. The monoisotopic (exact) mass is 354 g/mol. The Bertz CT molecular complexity index is 1060. The minimum absolute atomic E-state index is 0.287. The normalized spacial score (nSPS) is 11.0. The molecule has 5 nitrogen and oxygen atoms in total. The zero-order valence-electron chi connectivity index (χ0n) is 13.1. The molecule has 0 amide bonds. The van der Waals surface area contributed by atoms with Crippen LogP contribution in [0.4, 0.5) is 4.39 Å². The van der Waals surface area contributed by atoms with E-state index in [-0.39, 0.29) is 11.0 Å². The van der Waals surface area contributed by atoms with Crippen LogP contribution in [-0.2, 0) is 0 Å². The zero-order chi connectivity index (χ0) is 17.4. The molecule has 124 valence electrons. The molecule has 3 aromatic heterocycles. The second kappa shape index (κ2) is 6.14. The number of ether oxygens (including phenoxy) is 1. The molecule has 0 radical (unpaired) electrons. The Morgan fingerprint density at radius 3 is 2.72 bits per heavy atom. The lowest BCUT2D eigenvalue weighted by molar-refractivity contribution is 0.398. The van der Waals surface area contributed by atoms with Crippen molar-refractivity contribution >= 4 is 22.6 Å². The summed E-state index contributed by atoms with van der Waals surface area (Å²) in [7, 11) is 1.55. The van der Waals surface area contributed by atoms with Gasteiger partial charge in [-0.05, 0) is 24.3 Å². The minimum Gasteiger partial charge on any atom is -0.481 e. The van der Waals surface area contributed by atoms with Crippen molar-refractivity contribution < 1.29 is 9.13 Å². The number of nitrogens with zero attached hydrogens (tertiary/aromatic N) is 4. The van der Waals surface area contributed by atoms with Crippen molar-refractivity contribution in [2.75, 3.05) is 7.11 Å². The standard InChI is InChI=1S/C18H12ClFN4O/c1-25-15-6-5-13(10-22-15)24-14-7-8-21-17(19)16(14)23-18(24)11-3-2-4-12(20)9-11/h2-10H,1H3. The molecule has 0 aliphatic rings. The van der Waals surface area contributed by atoms with E-state index in [1.807, 2.05) is 10.6 Å². The van der Waals surface area contributed by atoms with Crippen molar-refractivity contribution in [3.8, 4) is 23.0 Å². The lowest BCUT2D eigenvalue weighted by Gasteiger charge is -2.10. The highest BCUT2D eigenvalue weighted by Crippen LogP contribution is 2.31. The molecule has 0 fully saturated rings. The third-order valence-electron chi connectivity index (χ3n) is 3.80. The fourth-order valence-electron chi connectivity index (χ4n) is 2.68. The van der Waals surface area contributed by atoms with Gasteiger partial charge in [0.25, 0.3) is 0 Å². The molecule has 0 saturated heterocycles. The minimum atomic E-state index is -0.340. The van der Waals surface area contributed by atoms with Gasteiger partial charge < -0.3 is 4.74 Å².